The van der Waals surface area contributed by atoms with Crippen LogP contribution in [0.25, 0.3) is 22.4 Å². The van der Waals surface area contributed by atoms with Gasteiger partial charge in [-0.05, 0) is 51.1 Å². The first-order valence-corrected chi connectivity index (χ1v) is 10.3. The molecule has 31 heavy (non-hydrogen) atoms. The van der Waals surface area contributed by atoms with Crippen LogP contribution >= 0.6 is 0 Å². The summed E-state index contributed by atoms with van der Waals surface area (Å²) in [6, 6.07) is 8.92. The summed E-state index contributed by atoms with van der Waals surface area (Å²) in [6.07, 6.45) is 3.82. The first-order chi connectivity index (χ1) is 15.1. The van der Waals surface area contributed by atoms with Crippen LogP contribution in [0, 0.1) is 12.7 Å². The highest BCUT2D eigenvalue weighted by molar-refractivity contribution is 5.76. The zero-order chi connectivity index (χ0) is 21.4. The monoisotopic (exact) mass is 421 g/mol. The zero-order valence-electron chi connectivity index (χ0n) is 17.4. The number of anilines is 2. The Morgan fingerprint density at radius 1 is 1.19 bits per heavy atom. The topological polar surface area (TPSA) is 92.7 Å². The second kappa shape index (κ2) is 7.99. The average Bonchev–Trinajstić information content (AvgIpc) is 3.37. The third-order valence-electron chi connectivity index (χ3n) is 5.71. The summed E-state index contributed by atoms with van der Waals surface area (Å²) in [4.78, 5) is 9.40. The Balaban J connectivity index is 1.45. The van der Waals surface area contributed by atoms with Gasteiger partial charge >= 0.3 is 0 Å². The van der Waals surface area contributed by atoms with Gasteiger partial charge in [0.1, 0.15) is 17.1 Å². The summed E-state index contributed by atoms with van der Waals surface area (Å²) < 4.78 is 22.0. The molecule has 0 spiro atoms. The van der Waals surface area contributed by atoms with Crippen molar-refractivity contribution in [3.05, 3.63) is 48.0 Å². The van der Waals surface area contributed by atoms with Crippen LogP contribution in [-0.2, 0) is 0 Å². The quantitative estimate of drug-likeness (QED) is 0.452. The summed E-state index contributed by atoms with van der Waals surface area (Å²) in [5.74, 6) is 1.16. The number of nitrogens with zero attached hydrogens (tertiary/aromatic N) is 4. The lowest BCUT2D eigenvalue weighted by Gasteiger charge is -2.26. The van der Waals surface area contributed by atoms with E-state index in [0.717, 1.165) is 42.8 Å². The van der Waals surface area contributed by atoms with E-state index in [-0.39, 0.29) is 5.82 Å². The number of fused-ring (bicyclic) bond motifs is 1. The van der Waals surface area contributed by atoms with Gasteiger partial charge in [-0.15, -0.1) is 0 Å². The number of aryl methyl sites for hydroxylation is 1. The lowest BCUT2D eigenvalue weighted by Crippen LogP contribution is -2.29. The van der Waals surface area contributed by atoms with E-state index >= 15 is 0 Å². The molecule has 160 valence electrons. The van der Waals surface area contributed by atoms with E-state index in [1.54, 1.807) is 24.4 Å². The Morgan fingerprint density at radius 3 is 2.84 bits per heavy atom. The molecule has 9 heteroatoms. The van der Waals surface area contributed by atoms with Crippen molar-refractivity contribution < 1.29 is 9.13 Å². The molecule has 0 unspecified atom stereocenters. The molecule has 3 N–H and O–H groups in total. The van der Waals surface area contributed by atoms with Crippen molar-refractivity contribution >= 4 is 22.8 Å². The fraction of sp³-hybridized carbons (Fsp3) is 0.318. The van der Waals surface area contributed by atoms with Crippen molar-refractivity contribution in [2.75, 3.05) is 25.5 Å². The first-order valence-electron chi connectivity index (χ1n) is 10.3. The largest absolute Gasteiger partial charge is 0.496 e. The van der Waals surface area contributed by atoms with Crippen molar-refractivity contribution in [3.8, 4) is 17.0 Å². The van der Waals surface area contributed by atoms with E-state index in [4.69, 9.17) is 9.72 Å². The Labute approximate surface area is 178 Å². The summed E-state index contributed by atoms with van der Waals surface area (Å²) in [5, 5.41) is 13.7. The number of halogens is 1. The molecule has 1 aromatic carbocycles. The molecular weight excluding hydrogens is 397 g/mol. The van der Waals surface area contributed by atoms with Crippen molar-refractivity contribution in [2.24, 2.45) is 0 Å². The lowest BCUT2D eigenvalue weighted by molar-refractivity contribution is 0.370. The minimum Gasteiger partial charge on any atom is -0.496 e. The number of ether oxygens (including phenoxy) is 1. The molecule has 1 aliphatic heterocycles. The summed E-state index contributed by atoms with van der Waals surface area (Å²) in [6.45, 7) is 4.11. The summed E-state index contributed by atoms with van der Waals surface area (Å²) in [7, 11) is 1.51. The number of aromatic nitrogens is 5. The van der Waals surface area contributed by atoms with Crippen molar-refractivity contribution in [2.45, 2.75) is 25.8 Å². The summed E-state index contributed by atoms with van der Waals surface area (Å²) in [5.41, 5.74) is 3.75. The first kappa shape index (κ1) is 19.5. The predicted octanol–water partition coefficient (Wildman–Crippen LogP) is 3.95. The number of H-pyrrole nitrogens is 1. The number of benzene rings is 1. The van der Waals surface area contributed by atoms with Gasteiger partial charge in [0.05, 0.1) is 24.6 Å². The van der Waals surface area contributed by atoms with Gasteiger partial charge in [0.25, 0.3) is 0 Å². The molecule has 4 aromatic rings. The number of hydrogen-bond donors (Lipinski definition) is 3. The maximum Gasteiger partial charge on any atom is 0.161 e. The van der Waals surface area contributed by atoms with Crippen LogP contribution in [0.2, 0.25) is 0 Å². The van der Waals surface area contributed by atoms with Gasteiger partial charge in [-0.3, -0.25) is 5.10 Å². The maximum atomic E-state index is 14.4. The van der Waals surface area contributed by atoms with Crippen molar-refractivity contribution in [3.63, 3.8) is 0 Å². The Kier molecular flexibility index (Phi) is 5.03. The smallest absolute Gasteiger partial charge is 0.161 e. The fourth-order valence-corrected chi connectivity index (χ4v) is 4.27. The average molecular weight is 421 g/mol. The number of aromatic amines is 1. The maximum absolute atomic E-state index is 14.4. The van der Waals surface area contributed by atoms with E-state index in [0.29, 0.717) is 34.7 Å². The molecule has 8 nitrogen and oxygen atoms in total. The lowest BCUT2D eigenvalue weighted by atomic mass is 10.1. The molecule has 0 amide bonds. The molecule has 0 radical (unpaired) electrons. The van der Waals surface area contributed by atoms with E-state index in [1.165, 1.54) is 13.2 Å². The number of rotatable bonds is 5. The third kappa shape index (κ3) is 3.61. The Morgan fingerprint density at radius 2 is 2.03 bits per heavy atom. The van der Waals surface area contributed by atoms with Crippen LogP contribution in [0.4, 0.5) is 16.0 Å². The molecule has 1 saturated heterocycles. The highest BCUT2D eigenvalue weighted by Crippen LogP contribution is 2.33. The number of piperidine rings is 1. The van der Waals surface area contributed by atoms with Gasteiger partial charge in [0.2, 0.25) is 0 Å². The Hall–Kier alpha value is -3.46. The van der Waals surface area contributed by atoms with E-state index in [2.05, 4.69) is 43.4 Å². The highest BCUT2D eigenvalue weighted by Gasteiger charge is 2.20. The van der Waals surface area contributed by atoms with Crippen LogP contribution < -0.4 is 15.4 Å². The SMILES string of the molecule is COc1cccc(F)c1-c1cc(Nc2cnc3cc(C)n(C4CCNCC4)c3n2)n[nH]1. The van der Waals surface area contributed by atoms with Gasteiger partial charge in [-0.2, -0.15) is 5.10 Å². The van der Waals surface area contributed by atoms with E-state index < -0.39 is 0 Å². The minimum absolute atomic E-state index is 0.336. The molecule has 4 heterocycles. The highest BCUT2D eigenvalue weighted by atomic mass is 19.1. The standard InChI is InChI=1S/C22H24FN7O/c1-13-10-17-22(30(13)14-6-8-24-9-7-14)27-20(12-25-17)26-19-11-16(28-29-19)21-15(23)4-3-5-18(21)31-2/h3-5,10-12,14,24H,6-9H2,1-2H3,(H2,26,27,28,29). The van der Waals surface area contributed by atoms with Crippen LogP contribution in [0.1, 0.15) is 24.6 Å². The summed E-state index contributed by atoms with van der Waals surface area (Å²) >= 11 is 0. The van der Waals surface area contributed by atoms with E-state index in [9.17, 15) is 4.39 Å². The van der Waals surface area contributed by atoms with Crippen molar-refractivity contribution in [1.82, 2.24) is 30.0 Å². The molecule has 5 rings (SSSR count). The predicted molar refractivity (Wildman–Crippen MR) is 117 cm³/mol. The van der Waals surface area contributed by atoms with Crippen molar-refractivity contribution in [1.29, 1.82) is 0 Å². The second-order valence-corrected chi connectivity index (χ2v) is 7.71. The van der Waals surface area contributed by atoms with Gasteiger partial charge in [-0.25, -0.2) is 14.4 Å². The molecule has 0 saturated carbocycles. The minimum atomic E-state index is -0.383. The van der Waals surface area contributed by atoms with E-state index in [1.807, 2.05) is 0 Å². The molecule has 1 fully saturated rings. The number of methoxy groups -OCH3 is 1. The van der Waals surface area contributed by atoms with Crippen LogP contribution in [0.15, 0.2) is 36.5 Å². The van der Waals surface area contributed by atoms with Crippen LogP contribution in [-0.4, -0.2) is 44.9 Å². The molecule has 0 atom stereocenters. The second-order valence-electron chi connectivity index (χ2n) is 7.71. The third-order valence-corrected chi connectivity index (χ3v) is 5.71. The molecular formula is C22H24FN7O. The Bertz CT molecular complexity index is 1230. The number of hydrogen-bond acceptors (Lipinski definition) is 6. The molecule has 3 aromatic heterocycles. The fourth-order valence-electron chi connectivity index (χ4n) is 4.27. The van der Waals surface area contributed by atoms with Gasteiger partial charge in [-0.1, -0.05) is 6.07 Å². The normalized spacial score (nSPS) is 14.8. The van der Waals surface area contributed by atoms with Gasteiger partial charge in [0.15, 0.2) is 17.3 Å². The molecule has 1 aliphatic rings. The molecule has 0 bridgehead atoms. The van der Waals surface area contributed by atoms with Gasteiger partial charge in [0, 0.05) is 17.8 Å². The van der Waals surface area contributed by atoms with Crippen LogP contribution in [0.5, 0.6) is 5.75 Å². The van der Waals surface area contributed by atoms with Gasteiger partial charge < -0.3 is 19.9 Å². The number of nitrogens with one attached hydrogen (secondary N) is 3. The van der Waals surface area contributed by atoms with Crippen LogP contribution in [0.3, 0.4) is 0 Å². The molecule has 0 aliphatic carbocycles. The zero-order valence-corrected chi connectivity index (χ0v) is 17.4.